The smallest absolute Gasteiger partial charge is 0.247 e. The number of nitriles is 1. The van der Waals surface area contributed by atoms with Crippen molar-refractivity contribution in [3.63, 3.8) is 0 Å². The number of fused-ring (bicyclic) bond motifs is 2. The summed E-state index contributed by atoms with van der Waals surface area (Å²) in [5.74, 6) is 0.670. The first kappa shape index (κ1) is 24.3. The molecule has 2 aliphatic heterocycles. The number of amides is 2. The minimum atomic E-state index is -0.527. The number of aromatic nitrogens is 1. The molecule has 1 spiro atoms. The van der Waals surface area contributed by atoms with Crippen LogP contribution < -0.4 is 16.0 Å². The maximum absolute atomic E-state index is 13.6. The average Bonchev–Trinajstić information content (AvgIpc) is 3.13. The van der Waals surface area contributed by atoms with Crippen molar-refractivity contribution in [3.05, 3.63) is 47.7 Å². The lowest BCUT2D eigenvalue weighted by Gasteiger charge is -2.31. The van der Waals surface area contributed by atoms with Gasteiger partial charge >= 0.3 is 0 Å². The molecular weight excluding hydrogens is 454 g/mol. The van der Waals surface area contributed by atoms with E-state index in [0.717, 1.165) is 36.9 Å². The van der Waals surface area contributed by atoms with Crippen LogP contribution in [-0.2, 0) is 19.7 Å². The Hall–Kier alpha value is -3.44. The fourth-order valence-electron chi connectivity index (χ4n) is 5.87. The highest BCUT2D eigenvalue weighted by Crippen LogP contribution is 2.45. The fraction of sp³-hybridized carbons (Fsp3) is 0.500. The summed E-state index contributed by atoms with van der Waals surface area (Å²) in [6, 6.07) is 10.8. The second kappa shape index (κ2) is 10.7. The summed E-state index contributed by atoms with van der Waals surface area (Å²) in [6.45, 7) is 1.15. The van der Waals surface area contributed by atoms with Crippen LogP contribution in [0, 0.1) is 17.2 Å². The molecular formula is C28H33N5O3. The van der Waals surface area contributed by atoms with Crippen molar-refractivity contribution in [1.82, 2.24) is 4.98 Å². The van der Waals surface area contributed by atoms with Gasteiger partial charge in [-0.15, -0.1) is 0 Å². The molecule has 1 unspecified atom stereocenters. The first-order valence-corrected chi connectivity index (χ1v) is 13.1. The van der Waals surface area contributed by atoms with Gasteiger partial charge in [0.1, 0.15) is 17.9 Å². The average molecular weight is 488 g/mol. The molecule has 0 bridgehead atoms. The number of rotatable bonds is 5. The first-order valence-electron chi connectivity index (χ1n) is 13.1. The van der Waals surface area contributed by atoms with Crippen molar-refractivity contribution < 1.29 is 14.3 Å². The van der Waals surface area contributed by atoms with Gasteiger partial charge in [-0.25, -0.2) is 4.98 Å². The van der Waals surface area contributed by atoms with E-state index < -0.39 is 11.5 Å². The molecule has 1 aromatic carbocycles. The van der Waals surface area contributed by atoms with E-state index in [1.165, 1.54) is 25.5 Å². The van der Waals surface area contributed by atoms with Gasteiger partial charge < -0.3 is 20.7 Å². The molecule has 1 saturated heterocycles. The lowest BCUT2D eigenvalue weighted by molar-refractivity contribution is -0.124. The second-order valence-corrected chi connectivity index (χ2v) is 10.2. The van der Waals surface area contributed by atoms with E-state index in [4.69, 9.17) is 10.00 Å². The summed E-state index contributed by atoms with van der Waals surface area (Å²) in [6.07, 6.45) is 10.7. The summed E-state index contributed by atoms with van der Waals surface area (Å²) >= 11 is 0. The van der Waals surface area contributed by atoms with Gasteiger partial charge in [0, 0.05) is 30.8 Å². The van der Waals surface area contributed by atoms with E-state index in [-0.39, 0.29) is 17.7 Å². The molecule has 0 radical (unpaired) electrons. The molecule has 2 amide bonds. The molecule has 1 aromatic heterocycles. The van der Waals surface area contributed by atoms with Gasteiger partial charge in [-0.1, -0.05) is 38.2 Å². The van der Waals surface area contributed by atoms with Crippen LogP contribution in [0.5, 0.6) is 0 Å². The van der Waals surface area contributed by atoms with Crippen molar-refractivity contribution in [2.45, 2.75) is 69.2 Å². The Labute approximate surface area is 211 Å². The number of benzene rings is 1. The summed E-state index contributed by atoms with van der Waals surface area (Å²) in [4.78, 5) is 30.9. The van der Waals surface area contributed by atoms with Gasteiger partial charge in [-0.2, -0.15) is 5.26 Å². The Balaban J connectivity index is 1.36. The summed E-state index contributed by atoms with van der Waals surface area (Å²) in [5, 5.41) is 18.6. The summed E-state index contributed by atoms with van der Waals surface area (Å²) in [5.41, 5.74) is 2.37. The van der Waals surface area contributed by atoms with Crippen LogP contribution in [0.25, 0.3) is 0 Å². The molecule has 1 atom stereocenters. The number of carbonyl (C=O) groups is 2. The molecule has 3 heterocycles. The largest absolute Gasteiger partial charge is 0.381 e. The SMILES string of the molecule is N#Cc1ccc(NC(C(=O)Nc2ccc3c(c2)NC(=O)C32CCOCC2)C2CCCCCCC2)nc1. The van der Waals surface area contributed by atoms with Gasteiger partial charge in [-0.3, -0.25) is 9.59 Å². The van der Waals surface area contributed by atoms with E-state index in [9.17, 15) is 9.59 Å². The molecule has 1 aliphatic carbocycles. The third kappa shape index (κ3) is 4.93. The monoisotopic (exact) mass is 487 g/mol. The van der Waals surface area contributed by atoms with Crippen LogP contribution in [0.2, 0.25) is 0 Å². The van der Waals surface area contributed by atoms with E-state index in [1.807, 2.05) is 18.2 Å². The molecule has 2 aromatic rings. The van der Waals surface area contributed by atoms with E-state index in [0.29, 0.717) is 43.1 Å². The number of hydrogen-bond donors (Lipinski definition) is 3. The highest BCUT2D eigenvalue weighted by atomic mass is 16.5. The fourth-order valence-corrected chi connectivity index (χ4v) is 5.87. The molecule has 2 fully saturated rings. The number of pyridine rings is 1. The summed E-state index contributed by atoms with van der Waals surface area (Å²) in [7, 11) is 0. The van der Waals surface area contributed by atoms with Crippen molar-refractivity contribution in [1.29, 1.82) is 5.26 Å². The number of carbonyl (C=O) groups excluding carboxylic acids is 2. The minimum Gasteiger partial charge on any atom is -0.381 e. The van der Waals surface area contributed by atoms with Crippen LogP contribution in [0.15, 0.2) is 36.5 Å². The Morgan fingerprint density at radius 1 is 1.11 bits per heavy atom. The highest BCUT2D eigenvalue weighted by Gasteiger charge is 2.47. The van der Waals surface area contributed by atoms with Crippen LogP contribution in [0.3, 0.4) is 0 Å². The quantitative estimate of drug-likeness (QED) is 0.561. The molecule has 1 saturated carbocycles. The second-order valence-electron chi connectivity index (χ2n) is 10.2. The van der Waals surface area contributed by atoms with Crippen molar-refractivity contribution in [3.8, 4) is 6.07 Å². The van der Waals surface area contributed by atoms with Crippen molar-refractivity contribution >= 4 is 29.0 Å². The predicted octanol–water partition coefficient (Wildman–Crippen LogP) is 4.73. The number of nitrogens with zero attached hydrogens (tertiary/aromatic N) is 2. The Morgan fingerprint density at radius 2 is 1.86 bits per heavy atom. The van der Waals surface area contributed by atoms with Crippen molar-refractivity contribution in [2.75, 3.05) is 29.2 Å². The van der Waals surface area contributed by atoms with Crippen LogP contribution >= 0.6 is 0 Å². The zero-order valence-corrected chi connectivity index (χ0v) is 20.5. The molecule has 5 rings (SSSR count). The Morgan fingerprint density at radius 3 is 2.56 bits per heavy atom. The number of anilines is 3. The maximum Gasteiger partial charge on any atom is 0.247 e. The summed E-state index contributed by atoms with van der Waals surface area (Å²) < 4.78 is 5.49. The van der Waals surface area contributed by atoms with E-state index in [2.05, 4.69) is 27.0 Å². The van der Waals surface area contributed by atoms with Gasteiger partial charge in [0.2, 0.25) is 11.8 Å². The van der Waals surface area contributed by atoms with Crippen LogP contribution in [-0.4, -0.2) is 36.1 Å². The standard InChI is InChI=1S/C28H33N5O3/c29-17-19-8-11-24(30-18-19)33-25(20-6-4-2-1-3-5-7-20)26(34)31-21-9-10-22-23(16-21)32-27(35)28(22)12-14-36-15-13-28/h8-11,16,18,20,25H,1-7,12-15H2,(H,30,33)(H,31,34)(H,32,35). The Kier molecular flexibility index (Phi) is 7.19. The minimum absolute atomic E-state index is 0.0187. The Bertz CT molecular complexity index is 1140. The third-order valence-electron chi connectivity index (χ3n) is 7.93. The highest BCUT2D eigenvalue weighted by molar-refractivity contribution is 6.07. The predicted molar refractivity (Wildman–Crippen MR) is 138 cm³/mol. The zero-order valence-electron chi connectivity index (χ0n) is 20.5. The zero-order chi connectivity index (χ0) is 25.0. The topological polar surface area (TPSA) is 116 Å². The van der Waals surface area contributed by atoms with Gasteiger partial charge in [0.25, 0.3) is 0 Å². The van der Waals surface area contributed by atoms with Gasteiger partial charge in [0.05, 0.1) is 11.0 Å². The molecule has 8 nitrogen and oxygen atoms in total. The normalized spacial score (nSPS) is 20.4. The maximum atomic E-state index is 13.6. The molecule has 8 heteroatoms. The van der Waals surface area contributed by atoms with E-state index >= 15 is 0 Å². The number of nitrogens with one attached hydrogen (secondary N) is 3. The lowest BCUT2D eigenvalue weighted by Crippen LogP contribution is -2.41. The van der Waals surface area contributed by atoms with E-state index in [1.54, 1.807) is 12.1 Å². The van der Waals surface area contributed by atoms with Crippen LogP contribution in [0.1, 0.15) is 68.9 Å². The molecule has 3 N–H and O–H groups in total. The van der Waals surface area contributed by atoms with Crippen LogP contribution in [0.4, 0.5) is 17.2 Å². The molecule has 188 valence electrons. The number of ether oxygens (including phenoxy) is 1. The lowest BCUT2D eigenvalue weighted by atomic mass is 9.75. The van der Waals surface area contributed by atoms with Gasteiger partial charge in [-0.05, 0) is 61.4 Å². The molecule has 3 aliphatic rings. The number of hydrogen-bond acceptors (Lipinski definition) is 6. The van der Waals surface area contributed by atoms with Gasteiger partial charge in [0.15, 0.2) is 0 Å². The van der Waals surface area contributed by atoms with Crippen molar-refractivity contribution in [2.24, 2.45) is 5.92 Å². The molecule has 36 heavy (non-hydrogen) atoms. The first-order chi connectivity index (χ1) is 17.6. The third-order valence-corrected chi connectivity index (χ3v) is 7.93.